The summed E-state index contributed by atoms with van der Waals surface area (Å²) in [6.45, 7) is 1.65. The SMILES string of the molecule is Cc1nn(CC(=O)Nc2ncn(Cc3ccc(F)cc3)n2)cc1[N+](=O)[O-]. The molecule has 0 aliphatic heterocycles. The molecule has 1 amide bonds. The summed E-state index contributed by atoms with van der Waals surface area (Å²) >= 11 is 0. The lowest BCUT2D eigenvalue weighted by atomic mass is 10.2. The molecule has 11 heteroatoms. The summed E-state index contributed by atoms with van der Waals surface area (Å²) in [5.74, 6) is -0.702. The van der Waals surface area contributed by atoms with Gasteiger partial charge in [0.2, 0.25) is 11.9 Å². The molecule has 3 rings (SSSR count). The van der Waals surface area contributed by atoms with Crippen LogP contribution in [-0.2, 0) is 17.9 Å². The summed E-state index contributed by atoms with van der Waals surface area (Å²) in [6, 6.07) is 5.95. The predicted molar refractivity (Wildman–Crippen MR) is 87.8 cm³/mol. The van der Waals surface area contributed by atoms with Crippen LogP contribution in [0.15, 0.2) is 36.8 Å². The smallest absolute Gasteiger partial charge is 0.292 e. The molecule has 10 nitrogen and oxygen atoms in total. The zero-order chi connectivity index (χ0) is 18.7. The molecule has 1 aromatic carbocycles. The van der Waals surface area contributed by atoms with Crippen molar-refractivity contribution in [2.24, 2.45) is 0 Å². The first-order valence-electron chi connectivity index (χ1n) is 7.53. The highest BCUT2D eigenvalue weighted by Gasteiger charge is 2.17. The first kappa shape index (κ1) is 17.2. The topological polar surface area (TPSA) is 121 Å². The molecule has 0 aliphatic rings. The van der Waals surface area contributed by atoms with E-state index in [4.69, 9.17) is 0 Å². The Labute approximate surface area is 146 Å². The summed E-state index contributed by atoms with van der Waals surface area (Å²) in [5, 5.41) is 21.3. The van der Waals surface area contributed by atoms with Crippen molar-refractivity contribution >= 4 is 17.5 Å². The number of benzene rings is 1. The second-order valence-electron chi connectivity index (χ2n) is 5.49. The van der Waals surface area contributed by atoms with Crippen molar-refractivity contribution in [2.75, 3.05) is 5.32 Å². The molecule has 0 saturated carbocycles. The highest BCUT2D eigenvalue weighted by molar-refractivity contribution is 5.88. The van der Waals surface area contributed by atoms with E-state index < -0.39 is 10.8 Å². The minimum atomic E-state index is -0.560. The number of rotatable bonds is 6. The summed E-state index contributed by atoms with van der Waals surface area (Å²) in [7, 11) is 0. The van der Waals surface area contributed by atoms with Crippen molar-refractivity contribution in [3.8, 4) is 0 Å². The maximum absolute atomic E-state index is 12.9. The monoisotopic (exact) mass is 359 g/mol. The maximum Gasteiger partial charge on any atom is 0.309 e. The second kappa shape index (κ2) is 7.09. The third-order valence-corrected chi connectivity index (χ3v) is 3.47. The van der Waals surface area contributed by atoms with Crippen LogP contribution in [0, 0.1) is 22.9 Å². The number of aromatic nitrogens is 5. The average Bonchev–Trinajstić information content (AvgIpc) is 3.16. The van der Waals surface area contributed by atoms with Gasteiger partial charge in [-0.3, -0.25) is 24.9 Å². The van der Waals surface area contributed by atoms with E-state index in [-0.39, 0.29) is 29.7 Å². The number of carbonyl (C=O) groups excluding carboxylic acids is 1. The van der Waals surface area contributed by atoms with E-state index in [0.29, 0.717) is 6.54 Å². The quantitative estimate of drug-likeness (QED) is 0.526. The molecule has 0 fully saturated rings. The van der Waals surface area contributed by atoms with Crippen LogP contribution in [0.5, 0.6) is 0 Å². The lowest BCUT2D eigenvalue weighted by molar-refractivity contribution is -0.385. The highest BCUT2D eigenvalue weighted by Crippen LogP contribution is 2.14. The Morgan fingerprint density at radius 2 is 2.00 bits per heavy atom. The molecule has 0 unspecified atom stereocenters. The van der Waals surface area contributed by atoms with Crippen LogP contribution < -0.4 is 5.32 Å². The third kappa shape index (κ3) is 4.06. The zero-order valence-electron chi connectivity index (χ0n) is 13.7. The average molecular weight is 359 g/mol. The van der Waals surface area contributed by atoms with Gasteiger partial charge in [-0.2, -0.15) is 5.10 Å². The van der Waals surface area contributed by atoms with Gasteiger partial charge in [0.05, 0.1) is 11.5 Å². The molecule has 0 aliphatic carbocycles. The lowest BCUT2D eigenvalue weighted by Crippen LogP contribution is -2.20. The van der Waals surface area contributed by atoms with Crippen LogP contribution in [0.4, 0.5) is 16.0 Å². The fraction of sp³-hybridized carbons (Fsp3) is 0.200. The molecule has 0 atom stereocenters. The minimum absolute atomic E-state index is 0.0930. The van der Waals surface area contributed by atoms with E-state index in [9.17, 15) is 19.3 Å². The molecule has 26 heavy (non-hydrogen) atoms. The highest BCUT2D eigenvalue weighted by atomic mass is 19.1. The van der Waals surface area contributed by atoms with E-state index in [2.05, 4.69) is 20.5 Å². The van der Waals surface area contributed by atoms with Crippen molar-refractivity contribution < 1.29 is 14.1 Å². The number of hydrogen-bond acceptors (Lipinski definition) is 6. The van der Waals surface area contributed by atoms with Gasteiger partial charge in [-0.15, -0.1) is 5.10 Å². The third-order valence-electron chi connectivity index (χ3n) is 3.47. The van der Waals surface area contributed by atoms with Crippen LogP contribution in [0.1, 0.15) is 11.3 Å². The lowest BCUT2D eigenvalue weighted by Gasteiger charge is -2.02. The Morgan fingerprint density at radius 1 is 1.27 bits per heavy atom. The molecule has 3 aromatic rings. The largest absolute Gasteiger partial charge is 0.309 e. The van der Waals surface area contributed by atoms with Gasteiger partial charge in [0.1, 0.15) is 30.6 Å². The summed E-state index contributed by atoms with van der Waals surface area (Å²) in [5.41, 5.74) is 0.900. The second-order valence-corrected chi connectivity index (χ2v) is 5.49. The predicted octanol–water partition coefficient (Wildman–Crippen LogP) is 1.52. The summed E-state index contributed by atoms with van der Waals surface area (Å²) in [6.07, 6.45) is 2.62. The van der Waals surface area contributed by atoms with E-state index in [0.717, 1.165) is 5.56 Å². The number of hydrogen-bond donors (Lipinski definition) is 1. The van der Waals surface area contributed by atoms with Crippen LogP contribution >= 0.6 is 0 Å². The van der Waals surface area contributed by atoms with Gasteiger partial charge in [0.15, 0.2) is 0 Å². The van der Waals surface area contributed by atoms with Crippen LogP contribution in [0.3, 0.4) is 0 Å². The Balaban J connectivity index is 1.60. The number of halogens is 1. The minimum Gasteiger partial charge on any atom is -0.292 e. The van der Waals surface area contributed by atoms with Crippen molar-refractivity contribution in [1.82, 2.24) is 24.5 Å². The van der Waals surface area contributed by atoms with Crippen LogP contribution in [0.25, 0.3) is 0 Å². The van der Waals surface area contributed by atoms with E-state index >= 15 is 0 Å². The fourth-order valence-corrected chi connectivity index (χ4v) is 2.28. The van der Waals surface area contributed by atoms with Gasteiger partial charge < -0.3 is 0 Å². The van der Waals surface area contributed by atoms with Crippen molar-refractivity contribution in [3.05, 3.63) is 64.0 Å². The van der Waals surface area contributed by atoms with Crippen molar-refractivity contribution in [1.29, 1.82) is 0 Å². The number of nitro groups is 1. The molecule has 0 radical (unpaired) electrons. The normalized spacial score (nSPS) is 10.7. The molecule has 0 spiro atoms. The molecular weight excluding hydrogens is 345 g/mol. The number of amides is 1. The molecule has 134 valence electrons. The number of anilines is 1. The van der Waals surface area contributed by atoms with E-state index in [1.807, 2.05) is 0 Å². The Morgan fingerprint density at radius 3 is 2.65 bits per heavy atom. The van der Waals surface area contributed by atoms with Crippen molar-refractivity contribution in [2.45, 2.75) is 20.0 Å². The summed E-state index contributed by atoms with van der Waals surface area (Å²) in [4.78, 5) is 26.2. The van der Waals surface area contributed by atoms with Gasteiger partial charge in [-0.1, -0.05) is 12.1 Å². The van der Waals surface area contributed by atoms with E-state index in [1.54, 1.807) is 12.1 Å². The fourth-order valence-electron chi connectivity index (χ4n) is 2.28. The Bertz CT molecular complexity index is 949. The van der Waals surface area contributed by atoms with Crippen LogP contribution in [0.2, 0.25) is 0 Å². The molecule has 0 bridgehead atoms. The Hall–Kier alpha value is -3.63. The van der Waals surface area contributed by atoms with E-state index in [1.165, 1.54) is 40.9 Å². The number of carbonyl (C=O) groups is 1. The number of nitrogens with zero attached hydrogens (tertiary/aromatic N) is 6. The Kier molecular flexibility index (Phi) is 4.69. The maximum atomic E-state index is 12.9. The molecule has 2 heterocycles. The zero-order valence-corrected chi connectivity index (χ0v) is 13.7. The number of aryl methyl sites for hydroxylation is 1. The van der Waals surface area contributed by atoms with Crippen molar-refractivity contribution in [3.63, 3.8) is 0 Å². The standard InChI is InChI=1S/C15H14FN7O3/c1-10-13(23(25)26)7-21(19-10)8-14(24)18-15-17-9-22(20-15)6-11-2-4-12(16)5-3-11/h2-5,7,9H,6,8H2,1H3,(H,18,20,24). The molecule has 2 aromatic heterocycles. The van der Waals surface area contributed by atoms with Gasteiger partial charge >= 0.3 is 5.69 Å². The van der Waals surface area contributed by atoms with Gasteiger partial charge in [-0.05, 0) is 24.6 Å². The summed E-state index contributed by atoms with van der Waals surface area (Å²) < 4.78 is 15.6. The first-order valence-corrected chi connectivity index (χ1v) is 7.53. The van der Waals surface area contributed by atoms with Gasteiger partial charge in [-0.25, -0.2) is 14.1 Å². The molecule has 1 N–H and O–H groups in total. The molecular formula is C15H14FN7O3. The van der Waals surface area contributed by atoms with Gasteiger partial charge in [0, 0.05) is 0 Å². The van der Waals surface area contributed by atoms with Gasteiger partial charge in [0.25, 0.3) is 0 Å². The first-order chi connectivity index (χ1) is 12.4. The number of nitrogens with one attached hydrogen (secondary N) is 1. The van der Waals surface area contributed by atoms with Crippen LogP contribution in [-0.4, -0.2) is 35.4 Å². The molecule has 0 saturated heterocycles.